The summed E-state index contributed by atoms with van der Waals surface area (Å²) in [4.78, 5) is 11.8. The van der Waals surface area contributed by atoms with Crippen LogP contribution in [-0.2, 0) is 21.4 Å². The number of amides is 1. The maximum atomic E-state index is 11.8. The summed E-state index contributed by atoms with van der Waals surface area (Å²) < 4.78 is 22.3. The van der Waals surface area contributed by atoms with Crippen LogP contribution in [0.5, 0.6) is 0 Å². The number of benzene rings is 1. The molecule has 0 spiro atoms. The first-order chi connectivity index (χ1) is 10.7. The predicted molar refractivity (Wildman–Crippen MR) is 86.2 cm³/mol. The number of carbonyl (C=O) groups is 1. The first-order valence-corrected chi connectivity index (χ1v) is 8.52. The van der Waals surface area contributed by atoms with Gasteiger partial charge in [-0.1, -0.05) is 26.0 Å². The molecule has 1 aromatic carbocycles. The highest BCUT2D eigenvalue weighted by atomic mass is 32.2. The van der Waals surface area contributed by atoms with E-state index in [-0.39, 0.29) is 10.5 Å². The SMILES string of the molecule is CC(C)CNC(=O)/C(C#N)=C\NCc1ccc(S(N)(=O)=O)cc1. The molecule has 0 saturated carbocycles. The van der Waals surface area contributed by atoms with Crippen LogP contribution in [0.15, 0.2) is 40.9 Å². The Bertz CT molecular complexity index is 716. The molecule has 0 saturated heterocycles. The largest absolute Gasteiger partial charge is 0.386 e. The van der Waals surface area contributed by atoms with Crippen molar-refractivity contribution in [2.24, 2.45) is 11.1 Å². The summed E-state index contributed by atoms with van der Waals surface area (Å²) in [6.45, 7) is 4.75. The van der Waals surface area contributed by atoms with Crippen molar-refractivity contribution in [3.8, 4) is 6.07 Å². The van der Waals surface area contributed by atoms with E-state index in [1.54, 1.807) is 12.1 Å². The Morgan fingerprint density at radius 1 is 1.35 bits per heavy atom. The third kappa shape index (κ3) is 6.50. The van der Waals surface area contributed by atoms with Crippen molar-refractivity contribution in [3.63, 3.8) is 0 Å². The monoisotopic (exact) mass is 336 g/mol. The third-order valence-electron chi connectivity index (χ3n) is 2.84. The van der Waals surface area contributed by atoms with E-state index in [0.29, 0.717) is 19.0 Å². The molecule has 1 rings (SSSR count). The average molecular weight is 336 g/mol. The molecule has 0 heterocycles. The normalized spacial score (nSPS) is 11.9. The molecular weight excluding hydrogens is 316 g/mol. The van der Waals surface area contributed by atoms with Crippen LogP contribution in [0, 0.1) is 17.2 Å². The summed E-state index contributed by atoms with van der Waals surface area (Å²) in [5.74, 6) is -0.137. The topological polar surface area (TPSA) is 125 Å². The third-order valence-corrected chi connectivity index (χ3v) is 3.77. The van der Waals surface area contributed by atoms with Crippen molar-refractivity contribution in [2.45, 2.75) is 25.3 Å². The lowest BCUT2D eigenvalue weighted by Gasteiger charge is -2.07. The van der Waals surface area contributed by atoms with Gasteiger partial charge in [0.1, 0.15) is 11.6 Å². The van der Waals surface area contributed by atoms with E-state index in [4.69, 9.17) is 10.4 Å². The van der Waals surface area contributed by atoms with Gasteiger partial charge in [-0.2, -0.15) is 5.26 Å². The molecule has 0 aromatic heterocycles. The zero-order valence-electron chi connectivity index (χ0n) is 13.0. The molecule has 8 heteroatoms. The number of nitrogens with one attached hydrogen (secondary N) is 2. The number of nitrogens with two attached hydrogens (primary N) is 1. The van der Waals surface area contributed by atoms with Gasteiger partial charge in [-0.05, 0) is 23.6 Å². The van der Waals surface area contributed by atoms with Gasteiger partial charge in [0.25, 0.3) is 5.91 Å². The van der Waals surface area contributed by atoms with Gasteiger partial charge in [0.2, 0.25) is 10.0 Å². The minimum atomic E-state index is -3.71. The second-order valence-corrected chi connectivity index (χ2v) is 6.90. The Kier molecular flexibility index (Phi) is 6.75. The van der Waals surface area contributed by atoms with Gasteiger partial charge < -0.3 is 10.6 Å². The number of carbonyl (C=O) groups excluding carboxylic acids is 1. The van der Waals surface area contributed by atoms with Crippen LogP contribution in [0.4, 0.5) is 0 Å². The Balaban J connectivity index is 2.63. The Labute approximate surface area is 136 Å². The van der Waals surface area contributed by atoms with E-state index < -0.39 is 15.9 Å². The number of hydrogen-bond acceptors (Lipinski definition) is 5. The molecule has 23 heavy (non-hydrogen) atoms. The Hall–Kier alpha value is -2.37. The van der Waals surface area contributed by atoms with E-state index in [2.05, 4.69) is 10.6 Å². The molecule has 0 aliphatic rings. The van der Waals surface area contributed by atoms with Crippen LogP contribution in [0.25, 0.3) is 0 Å². The number of sulfonamides is 1. The number of primary sulfonamides is 1. The summed E-state index contributed by atoms with van der Waals surface area (Å²) in [6.07, 6.45) is 1.34. The van der Waals surface area contributed by atoms with E-state index in [1.165, 1.54) is 18.3 Å². The van der Waals surface area contributed by atoms with Crippen molar-refractivity contribution >= 4 is 15.9 Å². The molecule has 0 aliphatic heterocycles. The number of nitrogens with zero attached hydrogens (tertiary/aromatic N) is 1. The van der Waals surface area contributed by atoms with Crippen LogP contribution in [0.2, 0.25) is 0 Å². The molecule has 0 fully saturated rings. The van der Waals surface area contributed by atoms with Crippen LogP contribution in [0.1, 0.15) is 19.4 Å². The van der Waals surface area contributed by atoms with E-state index in [9.17, 15) is 13.2 Å². The molecule has 0 atom stereocenters. The molecule has 0 radical (unpaired) electrons. The summed E-state index contributed by atoms with van der Waals surface area (Å²) in [5, 5.41) is 19.5. The molecule has 1 amide bonds. The highest BCUT2D eigenvalue weighted by Gasteiger charge is 2.09. The summed E-state index contributed by atoms with van der Waals surface area (Å²) in [5.41, 5.74) is 0.764. The highest BCUT2D eigenvalue weighted by Crippen LogP contribution is 2.08. The molecule has 0 bridgehead atoms. The van der Waals surface area contributed by atoms with Crippen molar-refractivity contribution in [1.82, 2.24) is 10.6 Å². The maximum absolute atomic E-state index is 11.8. The van der Waals surface area contributed by atoms with Crippen molar-refractivity contribution in [3.05, 3.63) is 41.6 Å². The maximum Gasteiger partial charge on any atom is 0.263 e. The standard InChI is InChI=1S/C15H20N4O3S/c1-11(2)8-19-15(20)13(7-16)10-18-9-12-3-5-14(6-4-12)23(17,21)22/h3-6,10-11,18H,8-9H2,1-2H3,(H,19,20)(H2,17,21,22)/b13-10-. The van der Waals surface area contributed by atoms with E-state index in [1.807, 2.05) is 19.9 Å². The smallest absolute Gasteiger partial charge is 0.263 e. The van der Waals surface area contributed by atoms with Crippen molar-refractivity contribution in [2.75, 3.05) is 6.54 Å². The second-order valence-electron chi connectivity index (χ2n) is 5.34. The van der Waals surface area contributed by atoms with Gasteiger partial charge in [0, 0.05) is 19.3 Å². The minimum absolute atomic E-state index is 0.0215. The zero-order valence-corrected chi connectivity index (χ0v) is 13.9. The average Bonchev–Trinajstić information content (AvgIpc) is 2.48. The predicted octanol–water partition coefficient (Wildman–Crippen LogP) is 0.603. The molecular formula is C15H20N4O3S. The fourth-order valence-corrected chi connectivity index (χ4v) is 2.12. The van der Waals surface area contributed by atoms with Gasteiger partial charge in [-0.3, -0.25) is 4.79 Å². The van der Waals surface area contributed by atoms with Crippen LogP contribution < -0.4 is 15.8 Å². The molecule has 0 unspecified atom stereocenters. The van der Waals surface area contributed by atoms with E-state index >= 15 is 0 Å². The first-order valence-electron chi connectivity index (χ1n) is 6.97. The van der Waals surface area contributed by atoms with Crippen molar-refractivity contribution < 1.29 is 13.2 Å². The van der Waals surface area contributed by atoms with Crippen LogP contribution in [-0.4, -0.2) is 20.9 Å². The van der Waals surface area contributed by atoms with Gasteiger partial charge in [0.05, 0.1) is 4.90 Å². The fraction of sp³-hybridized carbons (Fsp3) is 0.333. The number of hydrogen-bond donors (Lipinski definition) is 3. The second kappa shape index (κ2) is 8.31. The summed E-state index contributed by atoms with van der Waals surface area (Å²) >= 11 is 0. The highest BCUT2D eigenvalue weighted by molar-refractivity contribution is 7.89. The molecule has 124 valence electrons. The van der Waals surface area contributed by atoms with Gasteiger partial charge in [0.15, 0.2) is 0 Å². The minimum Gasteiger partial charge on any atom is -0.386 e. The Morgan fingerprint density at radius 3 is 2.43 bits per heavy atom. The lowest BCUT2D eigenvalue weighted by Crippen LogP contribution is -2.29. The lowest BCUT2D eigenvalue weighted by molar-refractivity contribution is -0.117. The molecule has 0 aliphatic carbocycles. The Morgan fingerprint density at radius 2 is 1.96 bits per heavy atom. The summed E-state index contributed by atoms with van der Waals surface area (Å²) in [7, 11) is -3.71. The van der Waals surface area contributed by atoms with E-state index in [0.717, 1.165) is 5.56 Å². The van der Waals surface area contributed by atoms with Crippen LogP contribution in [0.3, 0.4) is 0 Å². The lowest BCUT2D eigenvalue weighted by atomic mass is 10.2. The molecule has 7 nitrogen and oxygen atoms in total. The van der Waals surface area contributed by atoms with Gasteiger partial charge in [-0.15, -0.1) is 0 Å². The molecule has 4 N–H and O–H groups in total. The van der Waals surface area contributed by atoms with Crippen molar-refractivity contribution in [1.29, 1.82) is 5.26 Å². The number of rotatable bonds is 7. The summed E-state index contributed by atoms with van der Waals surface area (Å²) in [6, 6.07) is 7.84. The molecule has 1 aromatic rings. The van der Waals surface area contributed by atoms with Gasteiger partial charge >= 0.3 is 0 Å². The fourth-order valence-electron chi connectivity index (χ4n) is 1.61. The quantitative estimate of drug-likeness (QED) is 0.497. The first kappa shape index (κ1) is 18.7. The van der Waals surface area contributed by atoms with Crippen LogP contribution >= 0.6 is 0 Å². The number of nitriles is 1. The zero-order chi connectivity index (χ0) is 17.5. The van der Waals surface area contributed by atoms with Gasteiger partial charge in [-0.25, -0.2) is 13.6 Å².